The van der Waals surface area contributed by atoms with Crippen molar-refractivity contribution >= 4 is 5.91 Å². The van der Waals surface area contributed by atoms with Gasteiger partial charge in [0.1, 0.15) is 6.54 Å². The number of aromatic nitrogens is 2. The molecule has 1 saturated heterocycles. The molecule has 0 aliphatic carbocycles. The average molecular weight is 368 g/mol. The summed E-state index contributed by atoms with van der Waals surface area (Å²) in [5, 5.41) is 4.14. The molecule has 144 valence electrons. The van der Waals surface area contributed by atoms with Gasteiger partial charge < -0.3 is 4.90 Å². The van der Waals surface area contributed by atoms with Crippen molar-refractivity contribution in [3.05, 3.63) is 64.1 Å². The second-order valence-corrected chi connectivity index (χ2v) is 7.45. The number of nitrogens with zero attached hydrogens (tertiary/aromatic N) is 4. The number of aryl methyl sites for hydroxylation is 1. The van der Waals surface area contributed by atoms with Gasteiger partial charge >= 0.3 is 0 Å². The lowest BCUT2D eigenvalue weighted by Crippen LogP contribution is -2.41. The molecule has 2 heterocycles. The number of hydrogen-bond acceptors (Lipinski definition) is 4. The van der Waals surface area contributed by atoms with E-state index >= 15 is 0 Å². The summed E-state index contributed by atoms with van der Waals surface area (Å²) in [5.41, 5.74) is 1.84. The van der Waals surface area contributed by atoms with Crippen LogP contribution in [0.3, 0.4) is 0 Å². The van der Waals surface area contributed by atoms with Gasteiger partial charge in [-0.05, 0) is 50.4 Å². The van der Waals surface area contributed by atoms with Crippen LogP contribution in [0.2, 0.25) is 0 Å². The van der Waals surface area contributed by atoms with E-state index in [1.807, 2.05) is 20.0 Å². The number of amides is 1. The third-order valence-corrected chi connectivity index (χ3v) is 5.20. The molecule has 6 nitrogen and oxygen atoms in total. The Balaban J connectivity index is 1.46. The van der Waals surface area contributed by atoms with Crippen LogP contribution in [-0.4, -0.2) is 52.2 Å². The molecule has 0 radical (unpaired) electrons. The second kappa shape index (κ2) is 8.95. The zero-order valence-corrected chi connectivity index (χ0v) is 16.2. The highest BCUT2D eigenvalue weighted by molar-refractivity contribution is 5.75. The van der Waals surface area contributed by atoms with Gasteiger partial charge in [-0.2, -0.15) is 5.10 Å². The van der Waals surface area contributed by atoms with Gasteiger partial charge in [-0.25, -0.2) is 4.68 Å². The SMILES string of the molecule is Cc1ccc(=O)n(CC(=O)N(C)CC2CCN(Cc3ccccc3)CC2)n1. The predicted octanol–water partition coefficient (Wildman–Crippen LogP) is 1.92. The summed E-state index contributed by atoms with van der Waals surface area (Å²) in [6, 6.07) is 13.7. The summed E-state index contributed by atoms with van der Waals surface area (Å²) in [6.45, 7) is 5.65. The molecule has 2 aromatic rings. The molecule has 6 heteroatoms. The Hall–Kier alpha value is -2.47. The quantitative estimate of drug-likeness (QED) is 0.782. The fourth-order valence-electron chi connectivity index (χ4n) is 3.57. The van der Waals surface area contributed by atoms with Crippen LogP contribution in [0.15, 0.2) is 47.3 Å². The van der Waals surface area contributed by atoms with Crippen molar-refractivity contribution < 1.29 is 4.79 Å². The van der Waals surface area contributed by atoms with Gasteiger partial charge in [0.2, 0.25) is 5.91 Å². The maximum atomic E-state index is 12.5. The Bertz CT molecular complexity index is 810. The Morgan fingerprint density at radius 3 is 2.56 bits per heavy atom. The van der Waals surface area contributed by atoms with E-state index in [1.54, 1.807) is 11.0 Å². The predicted molar refractivity (Wildman–Crippen MR) is 105 cm³/mol. The molecular formula is C21H28N4O2. The smallest absolute Gasteiger partial charge is 0.267 e. The van der Waals surface area contributed by atoms with Gasteiger partial charge in [-0.15, -0.1) is 0 Å². The molecule has 1 aliphatic heterocycles. The molecule has 27 heavy (non-hydrogen) atoms. The van der Waals surface area contributed by atoms with Crippen molar-refractivity contribution in [1.82, 2.24) is 19.6 Å². The lowest BCUT2D eigenvalue weighted by molar-refractivity contribution is -0.131. The second-order valence-electron chi connectivity index (χ2n) is 7.45. The monoisotopic (exact) mass is 368 g/mol. The molecule has 0 unspecified atom stereocenters. The molecule has 1 aromatic carbocycles. The summed E-state index contributed by atoms with van der Waals surface area (Å²) >= 11 is 0. The number of likely N-dealkylation sites (N-methyl/N-ethyl adjacent to an activating group) is 1. The average Bonchev–Trinajstić information content (AvgIpc) is 2.67. The van der Waals surface area contributed by atoms with Gasteiger partial charge in [0.15, 0.2) is 0 Å². The number of carbonyl (C=O) groups is 1. The highest BCUT2D eigenvalue weighted by Gasteiger charge is 2.22. The fraction of sp³-hybridized carbons (Fsp3) is 0.476. The maximum Gasteiger partial charge on any atom is 0.267 e. The van der Waals surface area contributed by atoms with Crippen LogP contribution in [0.25, 0.3) is 0 Å². The Labute approximate surface area is 160 Å². The van der Waals surface area contributed by atoms with Gasteiger partial charge in [-0.3, -0.25) is 14.5 Å². The molecule has 0 N–H and O–H groups in total. The molecule has 0 spiro atoms. The van der Waals surface area contributed by atoms with E-state index in [1.165, 1.54) is 16.3 Å². The Morgan fingerprint density at radius 1 is 1.15 bits per heavy atom. The first-order valence-electron chi connectivity index (χ1n) is 9.56. The third-order valence-electron chi connectivity index (χ3n) is 5.20. The minimum atomic E-state index is -0.239. The van der Waals surface area contributed by atoms with Crippen molar-refractivity contribution in [3.63, 3.8) is 0 Å². The zero-order valence-electron chi connectivity index (χ0n) is 16.2. The summed E-state index contributed by atoms with van der Waals surface area (Å²) < 4.78 is 1.25. The van der Waals surface area contributed by atoms with E-state index in [0.29, 0.717) is 5.92 Å². The highest BCUT2D eigenvalue weighted by atomic mass is 16.2. The first kappa shape index (κ1) is 19.3. The number of hydrogen-bond donors (Lipinski definition) is 0. The van der Waals surface area contributed by atoms with E-state index in [4.69, 9.17) is 0 Å². The molecule has 1 aromatic heterocycles. The first-order chi connectivity index (χ1) is 13.0. The molecule has 0 atom stereocenters. The number of benzene rings is 1. The van der Waals surface area contributed by atoms with Crippen molar-refractivity contribution in [1.29, 1.82) is 0 Å². The first-order valence-corrected chi connectivity index (χ1v) is 9.56. The normalized spacial score (nSPS) is 15.6. The van der Waals surface area contributed by atoms with Crippen molar-refractivity contribution in [2.45, 2.75) is 32.9 Å². The molecule has 1 amide bonds. The number of piperidine rings is 1. The van der Waals surface area contributed by atoms with Crippen molar-refractivity contribution in [2.24, 2.45) is 5.92 Å². The number of likely N-dealkylation sites (tertiary alicyclic amines) is 1. The van der Waals surface area contributed by atoms with E-state index in [-0.39, 0.29) is 18.0 Å². The molecule has 1 aliphatic rings. The lowest BCUT2D eigenvalue weighted by atomic mass is 9.96. The van der Waals surface area contributed by atoms with Crippen LogP contribution >= 0.6 is 0 Å². The molecular weight excluding hydrogens is 340 g/mol. The van der Waals surface area contributed by atoms with E-state index < -0.39 is 0 Å². The van der Waals surface area contributed by atoms with Crippen LogP contribution in [0.1, 0.15) is 24.1 Å². The van der Waals surface area contributed by atoms with Gasteiger partial charge in [-0.1, -0.05) is 30.3 Å². The van der Waals surface area contributed by atoms with Crippen LogP contribution in [0, 0.1) is 12.8 Å². The maximum absolute atomic E-state index is 12.5. The summed E-state index contributed by atoms with van der Waals surface area (Å²) in [5.74, 6) is 0.440. The fourth-order valence-corrected chi connectivity index (χ4v) is 3.57. The van der Waals surface area contributed by atoms with Crippen LogP contribution < -0.4 is 5.56 Å². The summed E-state index contributed by atoms with van der Waals surface area (Å²) in [7, 11) is 1.82. The Morgan fingerprint density at radius 2 is 1.85 bits per heavy atom. The van der Waals surface area contributed by atoms with Crippen LogP contribution in [0.5, 0.6) is 0 Å². The molecule has 3 rings (SSSR count). The summed E-state index contributed by atoms with van der Waals surface area (Å²) in [4.78, 5) is 28.5. The van der Waals surface area contributed by atoms with E-state index in [0.717, 1.165) is 44.7 Å². The largest absolute Gasteiger partial charge is 0.344 e. The van der Waals surface area contributed by atoms with Crippen molar-refractivity contribution in [2.75, 3.05) is 26.7 Å². The standard InChI is InChI=1S/C21H28N4O2/c1-17-8-9-20(26)25(22-17)16-21(27)23(2)14-19-10-12-24(13-11-19)15-18-6-4-3-5-7-18/h3-9,19H,10-16H2,1-2H3. The van der Waals surface area contributed by atoms with E-state index in [2.05, 4.69) is 34.3 Å². The van der Waals surface area contributed by atoms with Gasteiger partial charge in [0.05, 0.1) is 5.69 Å². The highest BCUT2D eigenvalue weighted by Crippen LogP contribution is 2.20. The van der Waals surface area contributed by atoms with Gasteiger partial charge in [0, 0.05) is 26.2 Å². The number of carbonyl (C=O) groups excluding carboxylic acids is 1. The summed E-state index contributed by atoms with van der Waals surface area (Å²) in [6.07, 6.45) is 2.18. The third kappa shape index (κ3) is 5.50. The topological polar surface area (TPSA) is 58.4 Å². The Kier molecular flexibility index (Phi) is 6.40. The van der Waals surface area contributed by atoms with Crippen LogP contribution in [0.4, 0.5) is 0 Å². The van der Waals surface area contributed by atoms with E-state index in [9.17, 15) is 9.59 Å². The lowest BCUT2D eigenvalue weighted by Gasteiger charge is -2.34. The van der Waals surface area contributed by atoms with Crippen LogP contribution in [-0.2, 0) is 17.9 Å². The number of rotatable bonds is 6. The zero-order chi connectivity index (χ0) is 19.2. The molecule has 0 saturated carbocycles. The molecule has 0 bridgehead atoms. The molecule has 1 fully saturated rings. The minimum absolute atomic E-state index is 0.00383. The van der Waals surface area contributed by atoms with Gasteiger partial charge in [0.25, 0.3) is 5.56 Å². The minimum Gasteiger partial charge on any atom is -0.344 e. The van der Waals surface area contributed by atoms with Crippen molar-refractivity contribution in [3.8, 4) is 0 Å².